The molecule has 8 heteroatoms. The number of H-pyrrole nitrogens is 1. The zero-order valence-electron chi connectivity index (χ0n) is 22.6. The van der Waals surface area contributed by atoms with Crippen LogP contribution in [0.3, 0.4) is 0 Å². The van der Waals surface area contributed by atoms with Gasteiger partial charge in [-0.15, -0.1) is 0 Å². The normalized spacial score (nSPS) is 26.0. The number of piperidine rings is 1. The molecule has 1 unspecified atom stereocenters. The van der Waals surface area contributed by atoms with Crippen LogP contribution in [0, 0.1) is 29.6 Å². The number of carbonyl (C=O) groups excluding carboxylic acids is 1. The van der Waals surface area contributed by atoms with E-state index in [4.69, 9.17) is 9.47 Å². The molecule has 2 aromatic carbocycles. The summed E-state index contributed by atoms with van der Waals surface area (Å²) in [7, 11) is 1.73. The van der Waals surface area contributed by atoms with Gasteiger partial charge in [0.25, 0.3) is 5.91 Å². The number of carbonyl (C=O) groups is 1. The van der Waals surface area contributed by atoms with Crippen molar-refractivity contribution in [3.05, 3.63) is 64.8 Å². The molecule has 204 valence electrons. The fourth-order valence-electron chi connectivity index (χ4n) is 6.77. The third-order valence-electron chi connectivity index (χ3n) is 9.11. The molecule has 1 aliphatic carbocycles. The minimum Gasteiger partial charge on any atom is -0.496 e. The molecule has 1 spiro atoms. The number of aromatic nitrogens is 1. The minimum atomic E-state index is -0.960. The number of benzene rings is 2. The molecule has 1 amide bonds. The molecule has 1 aromatic heterocycles. The maximum Gasteiger partial charge on any atom is 0.251 e. The Labute approximate surface area is 228 Å². The number of aliphatic hydroxyl groups is 1. The Balaban J connectivity index is 1.26. The van der Waals surface area contributed by atoms with E-state index in [0.29, 0.717) is 5.56 Å². The number of fused-ring (bicyclic) bond motifs is 1. The highest BCUT2D eigenvalue weighted by Crippen LogP contribution is 2.56. The van der Waals surface area contributed by atoms with Gasteiger partial charge in [0, 0.05) is 46.7 Å². The molecule has 6 rings (SSSR count). The van der Waals surface area contributed by atoms with E-state index in [0.717, 1.165) is 55.6 Å². The number of ether oxygens (including phenoxy) is 2. The number of aromatic amines is 1. The Kier molecular flexibility index (Phi) is 6.62. The molecule has 0 bridgehead atoms. The van der Waals surface area contributed by atoms with Crippen LogP contribution in [0.25, 0.3) is 10.9 Å². The molecule has 3 heterocycles. The second-order valence-electron chi connectivity index (χ2n) is 11.8. The van der Waals surface area contributed by atoms with Gasteiger partial charge in [0.1, 0.15) is 11.4 Å². The lowest BCUT2D eigenvalue weighted by Crippen LogP contribution is -2.56. The predicted molar refractivity (Wildman–Crippen MR) is 147 cm³/mol. The Hall–Kier alpha value is -3.38. The predicted octanol–water partition coefficient (Wildman–Crippen LogP) is 4.23. The van der Waals surface area contributed by atoms with Gasteiger partial charge in [0.2, 0.25) is 0 Å². The fourth-order valence-corrected chi connectivity index (χ4v) is 6.77. The molecule has 1 atom stereocenters. The van der Waals surface area contributed by atoms with E-state index >= 15 is 0 Å². The molecule has 8 nitrogen and oxygen atoms in total. The van der Waals surface area contributed by atoms with E-state index in [-0.39, 0.29) is 43.0 Å². The third kappa shape index (κ3) is 4.80. The second-order valence-corrected chi connectivity index (χ2v) is 11.8. The van der Waals surface area contributed by atoms with Crippen LogP contribution in [0.1, 0.15) is 58.8 Å². The van der Waals surface area contributed by atoms with Crippen molar-refractivity contribution >= 4 is 16.8 Å². The first-order valence-electron chi connectivity index (χ1n) is 13.8. The number of hydrogen-bond donors (Lipinski definition) is 3. The number of rotatable bonds is 7. The molecular formula is C31H36N4O4. The lowest BCUT2D eigenvalue weighted by molar-refractivity contribution is -0.173. The van der Waals surface area contributed by atoms with Crippen molar-refractivity contribution < 1.29 is 19.4 Å². The summed E-state index contributed by atoms with van der Waals surface area (Å²) >= 11 is 0. The summed E-state index contributed by atoms with van der Waals surface area (Å²) in [6, 6.07) is 14.7. The van der Waals surface area contributed by atoms with Gasteiger partial charge in [-0.2, -0.15) is 5.26 Å². The second kappa shape index (κ2) is 9.98. The number of likely N-dealkylation sites (tertiary alicyclic amines) is 1. The molecule has 0 radical (unpaired) electrons. The highest BCUT2D eigenvalue weighted by atomic mass is 16.5. The number of nitriles is 1. The van der Waals surface area contributed by atoms with Gasteiger partial charge in [-0.05, 0) is 80.0 Å². The first kappa shape index (κ1) is 25.9. The molecule has 2 saturated heterocycles. The molecule has 1 saturated carbocycles. The summed E-state index contributed by atoms with van der Waals surface area (Å²) in [5, 5.41) is 23.7. The number of amides is 1. The first-order chi connectivity index (χ1) is 18.8. The molecule has 3 aromatic rings. The number of nitrogens with zero attached hydrogens (tertiary/aromatic N) is 2. The van der Waals surface area contributed by atoms with Gasteiger partial charge in [-0.1, -0.05) is 12.1 Å². The maximum absolute atomic E-state index is 12.7. The summed E-state index contributed by atoms with van der Waals surface area (Å²) in [6.07, 6.45) is 6.00. The molecule has 3 N–H and O–H groups in total. The molecule has 2 aliphatic heterocycles. The summed E-state index contributed by atoms with van der Waals surface area (Å²) < 4.78 is 10.9. The van der Waals surface area contributed by atoms with Crippen molar-refractivity contribution in [2.75, 3.05) is 33.4 Å². The molecular weight excluding hydrogens is 492 g/mol. The zero-order valence-corrected chi connectivity index (χ0v) is 22.6. The number of nitrogens with one attached hydrogen (secondary N) is 2. The highest BCUT2D eigenvalue weighted by Gasteiger charge is 2.49. The topological polar surface area (TPSA) is 111 Å². The van der Waals surface area contributed by atoms with Gasteiger partial charge >= 0.3 is 0 Å². The largest absolute Gasteiger partial charge is 0.496 e. The Bertz CT molecular complexity index is 1410. The summed E-state index contributed by atoms with van der Waals surface area (Å²) in [5.41, 5.74) is 4.47. The molecule has 3 fully saturated rings. The van der Waals surface area contributed by atoms with Crippen LogP contribution in [0.15, 0.2) is 42.6 Å². The maximum atomic E-state index is 12.7. The van der Waals surface area contributed by atoms with Crippen molar-refractivity contribution in [2.45, 2.75) is 50.8 Å². The van der Waals surface area contributed by atoms with Crippen LogP contribution in [0.4, 0.5) is 0 Å². The average Bonchev–Trinajstić information content (AvgIpc) is 3.42. The number of aryl methyl sites for hydroxylation is 1. The first-order valence-corrected chi connectivity index (χ1v) is 13.8. The van der Waals surface area contributed by atoms with Gasteiger partial charge in [0.15, 0.2) is 0 Å². The van der Waals surface area contributed by atoms with Crippen LogP contribution in [0.2, 0.25) is 0 Å². The Morgan fingerprint density at radius 1 is 1.26 bits per heavy atom. The highest BCUT2D eigenvalue weighted by molar-refractivity contribution is 5.94. The van der Waals surface area contributed by atoms with Gasteiger partial charge in [-0.25, -0.2) is 0 Å². The van der Waals surface area contributed by atoms with E-state index < -0.39 is 5.60 Å². The fraction of sp³-hybridized carbons (Fsp3) is 0.484. The van der Waals surface area contributed by atoms with E-state index in [1.807, 2.05) is 18.3 Å². The number of hydrogen-bond acceptors (Lipinski definition) is 6. The van der Waals surface area contributed by atoms with E-state index in [1.54, 1.807) is 7.11 Å². The molecule has 39 heavy (non-hydrogen) atoms. The van der Waals surface area contributed by atoms with Crippen LogP contribution in [-0.4, -0.2) is 59.9 Å². The average molecular weight is 529 g/mol. The third-order valence-corrected chi connectivity index (χ3v) is 9.11. The molecule has 3 aliphatic rings. The van der Waals surface area contributed by atoms with Crippen LogP contribution in [0.5, 0.6) is 5.75 Å². The van der Waals surface area contributed by atoms with Crippen LogP contribution in [-0.2, 0) is 11.3 Å². The SMILES string of the molecule is COc1cc(C)c2[nH]ccc2c1CN1CCC2(CC(C#N)C2)CC1c1ccc(C(=O)NCC2(O)COC2)cc1. The van der Waals surface area contributed by atoms with Crippen molar-refractivity contribution in [3.63, 3.8) is 0 Å². The van der Waals surface area contributed by atoms with E-state index in [2.05, 4.69) is 52.5 Å². The lowest BCUT2D eigenvalue weighted by atomic mass is 9.56. The Morgan fingerprint density at radius 2 is 2.03 bits per heavy atom. The van der Waals surface area contributed by atoms with Crippen molar-refractivity contribution in [1.82, 2.24) is 15.2 Å². The standard InChI is InChI=1S/C31H36N4O4/c1-20-11-27(38-2)25(24-7-9-33-28(20)24)16-35-10-8-30(12-21(13-30)15-32)14-26(35)22-3-5-23(6-4-22)29(36)34-17-31(37)18-39-19-31/h3-7,9,11,21,26,33,37H,8,10,12-14,16-19H2,1-2H3,(H,34,36). The van der Waals surface area contributed by atoms with Crippen LogP contribution >= 0.6 is 0 Å². The summed E-state index contributed by atoms with van der Waals surface area (Å²) in [6.45, 7) is 4.47. The van der Waals surface area contributed by atoms with E-state index in [1.165, 1.54) is 16.5 Å². The van der Waals surface area contributed by atoms with Crippen LogP contribution < -0.4 is 10.1 Å². The van der Waals surface area contributed by atoms with Crippen molar-refractivity contribution in [3.8, 4) is 11.8 Å². The zero-order chi connectivity index (χ0) is 27.2. The van der Waals surface area contributed by atoms with Gasteiger partial charge in [0.05, 0.1) is 32.9 Å². The Morgan fingerprint density at radius 3 is 2.69 bits per heavy atom. The minimum absolute atomic E-state index is 0.163. The van der Waals surface area contributed by atoms with Gasteiger partial charge in [-0.3, -0.25) is 9.69 Å². The monoisotopic (exact) mass is 528 g/mol. The summed E-state index contributed by atoms with van der Waals surface area (Å²) in [5.74, 6) is 0.863. The lowest BCUT2D eigenvalue weighted by Gasteiger charge is -2.53. The van der Waals surface area contributed by atoms with E-state index in [9.17, 15) is 15.2 Å². The van der Waals surface area contributed by atoms with Crippen molar-refractivity contribution in [1.29, 1.82) is 5.26 Å². The van der Waals surface area contributed by atoms with Crippen molar-refractivity contribution in [2.24, 2.45) is 11.3 Å². The van der Waals surface area contributed by atoms with Gasteiger partial charge < -0.3 is 24.9 Å². The smallest absolute Gasteiger partial charge is 0.251 e. The number of methoxy groups -OCH3 is 1. The summed E-state index contributed by atoms with van der Waals surface area (Å²) in [4.78, 5) is 18.6. The quantitative estimate of drug-likeness (QED) is 0.423.